The summed E-state index contributed by atoms with van der Waals surface area (Å²) in [4.78, 5) is 11.6. The minimum Gasteiger partial charge on any atom is -0.455 e. The fraction of sp³-hybridized carbons (Fsp3) is 0.591. The summed E-state index contributed by atoms with van der Waals surface area (Å²) in [6, 6.07) is 0. The average Bonchev–Trinajstić information content (AvgIpc) is 2.67. The number of hydrogen-bond acceptors (Lipinski definition) is 3. The number of ether oxygens (including phenoxy) is 1. The Kier molecular flexibility index (Phi) is 12.6. The van der Waals surface area contributed by atoms with Gasteiger partial charge in [-0.1, -0.05) is 81.6 Å². The quantitative estimate of drug-likeness (QED) is 0.249. The highest BCUT2D eigenvalue weighted by atomic mass is 16.6. The van der Waals surface area contributed by atoms with Crippen LogP contribution in [0.15, 0.2) is 48.6 Å². The monoisotopic (exact) mass is 346 g/mol. The molecular weight excluding hydrogens is 312 g/mol. The molecule has 1 heterocycles. The van der Waals surface area contributed by atoms with Crippen LogP contribution in [0.4, 0.5) is 0 Å². The number of cyclic esters (lactones) is 1. The molecule has 0 unspecified atom stereocenters. The van der Waals surface area contributed by atoms with Gasteiger partial charge in [-0.05, 0) is 31.8 Å². The van der Waals surface area contributed by atoms with E-state index in [2.05, 4.69) is 13.0 Å². The topological polar surface area (TPSA) is 46.5 Å². The molecule has 0 bridgehead atoms. The van der Waals surface area contributed by atoms with Crippen molar-refractivity contribution in [3.05, 3.63) is 48.6 Å². The number of esters is 1. The molecule has 0 aromatic carbocycles. The van der Waals surface area contributed by atoms with Crippen molar-refractivity contribution in [1.82, 2.24) is 0 Å². The maximum atomic E-state index is 11.6. The molecule has 3 nitrogen and oxygen atoms in total. The molecule has 1 aliphatic heterocycles. The van der Waals surface area contributed by atoms with Gasteiger partial charge in [0.1, 0.15) is 6.10 Å². The molecule has 0 aliphatic carbocycles. The van der Waals surface area contributed by atoms with Crippen LogP contribution in [-0.2, 0) is 9.53 Å². The van der Waals surface area contributed by atoms with E-state index in [9.17, 15) is 9.90 Å². The first-order chi connectivity index (χ1) is 12.2. The lowest BCUT2D eigenvalue weighted by molar-refractivity contribution is -0.151. The molecular formula is C22H34O3. The normalized spacial score (nSPS) is 23.7. The van der Waals surface area contributed by atoms with Crippen LogP contribution in [0.2, 0.25) is 0 Å². The van der Waals surface area contributed by atoms with Gasteiger partial charge < -0.3 is 9.84 Å². The summed E-state index contributed by atoms with van der Waals surface area (Å²) in [6.07, 6.45) is 24.8. The molecule has 3 heteroatoms. The van der Waals surface area contributed by atoms with E-state index in [1.807, 2.05) is 36.5 Å². The molecule has 0 spiro atoms. The van der Waals surface area contributed by atoms with Gasteiger partial charge in [-0.2, -0.15) is 0 Å². The predicted octanol–water partition coefficient (Wildman–Crippen LogP) is 5.42. The first-order valence-electron chi connectivity index (χ1n) is 9.76. The molecule has 2 atom stereocenters. The van der Waals surface area contributed by atoms with E-state index in [1.165, 1.54) is 38.5 Å². The summed E-state index contributed by atoms with van der Waals surface area (Å²) in [5, 5.41) is 10.1. The Balaban J connectivity index is 2.25. The zero-order chi connectivity index (χ0) is 18.2. The van der Waals surface area contributed by atoms with Gasteiger partial charge in [0.25, 0.3) is 0 Å². The van der Waals surface area contributed by atoms with Gasteiger partial charge in [-0.3, -0.25) is 4.79 Å². The Morgan fingerprint density at radius 1 is 1.08 bits per heavy atom. The molecule has 0 aromatic rings. The molecule has 0 amide bonds. The minimum atomic E-state index is -0.689. The highest BCUT2D eigenvalue weighted by Crippen LogP contribution is 2.12. The Morgan fingerprint density at radius 2 is 1.84 bits per heavy atom. The lowest BCUT2D eigenvalue weighted by atomic mass is 10.1. The van der Waals surface area contributed by atoms with Crippen LogP contribution in [0, 0.1) is 0 Å². The lowest BCUT2D eigenvalue weighted by Crippen LogP contribution is -2.28. The van der Waals surface area contributed by atoms with Crippen LogP contribution in [-0.4, -0.2) is 23.3 Å². The molecule has 1 rings (SSSR count). The third-order valence-electron chi connectivity index (χ3n) is 4.20. The van der Waals surface area contributed by atoms with Gasteiger partial charge in [0.05, 0.1) is 6.10 Å². The fourth-order valence-electron chi connectivity index (χ4n) is 2.66. The molecule has 25 heavy (non-hydrogen) atoms. The van der Waals surface area contributed by atoms with E-state index in [0.717, 1.165) is 6.42 Å². The molecule has 140 valence electrons. The molecule has 0 fully saturated rings. The van der Waals surface area contributed by atoms with Crippen LogP contribution in [0.1, 0.15) is 71.1 Å². The third kappa shape index (κ3) is 11.5. The molecule has 0 aromatic heterocycles. The lowest BCUT2D eigenvalue weighted by Gasteiger charge is -2.18. The van der Waals surface area contributed by atoms with Crippen molar-refractivity contribution in [2.45, 2.75) is 83.3 Å². The predicted molar refractivity (Wildman–Crippen MR) is 104 cm³/mol. The first-order valence-corrected chi connectivity index (χ1v) is 9.76. The van der Waals surface area contributed by atoms with Gasteiger partial charge in [0.15, 0.2) is 0 Å². The number of rotatable bonds is 10. The molecule has 1 N–H and O–H groups in total. The van der Waals surface area contributed by atoms with Crippen LogP contribution in [0.3, 0.4) is 0 Å². The second-order valence-electron chi connectivity index (χ2n) is 6.52. The summed E-state index contributed by atoms with van der Waals surface area (Å²) in [6.45, 7) is 2.24. The van der Waals surface area contributed by atoms with Crippen LogP contribution < -0.4 is 0 Å². The fourth-order valence-corrected chi connectivity index (χ4v) is 2.66. The number of aliphatic hydroxyl groups is 1. The highest BCUT2D eigenvalue weighted by Gasteiger charge is 2.20. The standard InChI is InChI=1S/C22H34O3/c1-2-3-4-5-6-7-8-9-10-11-12-15-18-21-20(23)17-14-13-16-19-22(24)25-21/h9-15,18,20-21,23H,2-8,16-17,19H2,1H3/b10-9-,12-11-,14-13-,18-15+/t20-,21-/m0/s1. The molecule has 1 aliphatic rings. The number of allylic oxidation sites excluding steroid dienone is 6. The van der Waals surface area contributed by atoms with E-state index in [1.54, 1.807) is 6.08 Å². The van der Waals surface area contributed by atoms with Crippen molar-refractivity contribution in [2.75, 3.05) is 0 Å². The Labute approximate surface area is 153 Å². The van der Waals surface area contributed by atoms with E-state index in [4.69, 9.17) is 4.74 Å². The summed E-state index contributed by atoms with van der Waals surface area (Å²) in [5.41, 5.74) is 0. The third-order valence-corrected chi connectivity index (χ3v) is 4.20. The number of unbranched alkanes of at least 4 members (excludes halogenated alkanes) is 6. The van der Waals surface area contributed by atoms with E-state index >= 15 is 0 Å². The average molecular weight is 347 g/mol. The number of carbonyl (C=O) groups excluding carboxylic acids is 1. The summed E-state index contributed by atoms with van der Waals surface area (Å²) in [5.74, 6) is -0.261. The van der Waals surface area contributed by atoms with Crippen molar-refractivity contribution in [1.29, 1.82) is 0 Å². The SMILES string of the molecule is CCCCCCCC\C=C/C=C\C=C\[C@@H]1OC(=O)CC/C=C\C[C@@H]1O. The van der Waals surface area contributed by atoms with E-state index in [-0.39, 0.29) is 5.97 Å². The van der Waals surface area contributed by atoms with Gasteiger partial charge in [-0.25, -0.2) is 0 Å². The van der Waals surface area contributed by atoms with Crippen molar-refractivity contribution < 1.29 is 14.6 Å². The zero-order valence-electron chi connectivity index (χ0n) is 15.6. The van der Waals surface area contributed by atoms with Crippen LogP contribution in [0.5, 0.6) is 0 Å². The van der Waals surface area contributed by atoms with Crippen LogP contribution in [0.25, 0.3) is 0 Å². The molecule has 0 radical (unpaired) electrons. The first kappa shape index (κ1) is 21.4. The minimum absolute atomic E-state index is 0.261. The van der Waals surface area contributed by atoms with E-state index in [0.29, 0.717) is 19.3 Å². The molecule has 0 saturated heterocycles. The second kappa shape index (κ2) is 14.7. The second-order valence-corrected chi connectivity index (χ2v) is 6.52. The molecule has 0 saturated carbocycles. The van der Waals surface area contributed by atoms with Crippen LogP contribution >= 0.6 is 0 Å². The number of carbonyl (C=O) groups is 1. The smallest absolute Gasteiger partial charge is 0.306 e. The van der Waals surface area contributed by atoms with Crippen molar-refractivity contribution in [3.63, 3.8) is 0 Å². The van der Waals surface area contributed by atoms with Gasteiger partial charge in [0, 0.05) is 6.42 Å². The summed E-state index contributed by atoms with van der Waals surface area (Å²) >= 11 is 0. The summed E-state index contributed by atoms with van der Waals surface area (Å²) < 4.78 is 5.32. The Morgan fingerprint density at radius 3 is 2.68 bits per heavy atom. The largest absolute Gasteiger partial charge is 0.455 e. The maximum absolute atomic E-state index is 11.6. The van der Waals surface area contributed by atoms with Gasteiger partial charge in [0.2, 0.25) is 0 Å². The van der Waals surface area contributed by atoms with Crippen molar-refractivity contribution in [3.8, 4) is 0 Å². The number of hydrogen-bond donors (Lipinski definition) is 1. The van der Waals surface area contributed by atoms with Crippen molar-refractivity contribution >= 4 is 5.97 Å². The Hall–Kier alpha value is -1.61. The highest BCUT2D eigenvalue weighted by molar-refractivity contribution is 5.70. The van der Waals surface area contributed by atoms with Gasteiger partial charge >= 0.3 is 5.97 Å². The number of aliphatic hydroxyl groups excluding tert-OH is 1. The maximum Gasteiger partial charge on any atom is 0.306 e. The summed E-state index contributed by atoms with van der Waals surface area (Å²) in [7, 11) is 0. The zero-order valence-corrected chi connectivity index (χ0v) is 15.6. The van der Waals surface area contributed by atoms with Gasteiger partial charge in [-0.15, -0.1) is 0 Å². The van der Waals surface area contributed by atoms with Crippen molar-refractivity contribution in [2.24, 2.45) is 0 Å². The van der Waals surface area contributed by atoms with E-state index < -0.39 is 12.2 Å². The Bertz CT molecular complexity index is 460.